The van der Waals surface area contributed by atoms with Crippen LogP contribution in [0.15, 0.2) is 30.5 Å². The van der Waals surface area contributed by atoms with E-state index in [0.717, 1.165) is 10.1 Å². The van der Waals surface area contributed by atoms with Gasteiger partial charge in [0.25, 0.3) is 0 Å². The van der Waals surface area contributed by atoms with E-state index in [4.69, 9.17) is 5.11 Å². The number of hydrogen-bond donors (Lipinski definition) is 3. The SMILES string of the molecule is CC(=O)NC(Cc1cn(O)c2ccccc12)C(=O)O. The summed E-state index contributed by atoms with van der Waals surface area (Å²) in [6, 6.07) is 6.10. The van der Waals surface area contributed by atoms with E-state index in [2.05, 4.69) is 5.32 Å². The molecule has 19 heavy (non-hydrogen) atoms. The molecule has 0 spiro atoms. The van der Waals surface area contributed by atoms with E-state index < -0.39 is 17.9 Å². The maximum atomic E-state index is 11.1. The van der Waals surface area contributed by atoms with Crippen LogP contribution in [0.4, 0.5) is 0 Å². The fourth-order valence-corrected chi connectivity index (χ4v) is 2.06. The number of nitrogens with zero attached hydrogens (tertiary/aromatic N) is 1. The largest absolute Gasteiger partial charge is 0.480 e. The van der Waals surface area contributed by atoms with Gasteiger partial charge in [-0.15, -0.1) is 0 Å². The Morgan fingerprint density at radius 3 is 2.68 bits per heavy atom. The maximum Gasteiger partial charge on any atom is 0.326 e. The Balaban J connectivity index is 2.34. The summed E-state index contributed by atoms with van der Waals surface area (Å²) in [7, 11) is 0. The summed E-state index contributed by atoms with van der Waals surface area (Å²) in [6.07, 6.45) is 1.57. The second-order valence-electron chi connectivity index (χ2n) is 4.31. The van der Waals surface area contributed by atoms with Crippen molar-refractivity contribution in [1.82, 2.24) is 10.0 Å². The number of amides is 1. The van der Waals surface area contributed by atoms with Crippen LogP contribution in [0.3, 0.4) is 0 Å². The van der Waals surface area contributed by atoms with Crippen LogP contribution >= 0.6 is 0 Å². The second-order valence-corrected chi connectivity index (χ2v) is 4.31. The molecule has 0 radical (unpaired) electrons. The molecule has 100 valence electrons. The van der Waals surface area contributed by atoms with Crippen LogP contribution in [-0.4, -0.2) is 33.0 Å². The van der Waals surface area contributed by atoms with Gasteiger partial charge in [-0.3, -0.25) is 4.79 Å². The predicted octanol–water partition coefficient (Wildman–Crippen LogP) is 1.01. The number of rotatable bonds is 4. The summed E-state index contributed by atoms with van der Waals surface area (Å²) in [5.41, 5.74) is 1.27. The van der Waals surface area contributed by atoms with Crippen LogP contribution in [0.5, 0.6) is 0 Å². The number of aromatic nitrogens is 1. The van der Waals surface area contributed by atoms with Gasteiger partial charge in [0, 0.05) is 24.9 Å². The average Bonchev–Trinajstić information content (AvgIpc) is 2.66. The molecule has 6 nitrogen and oxygen atoms in total. The number of carboxylic acids is 1. The predicted molar refractivity (Wildman–Crippen MR) is 68.1 cm³/mol. The zero-order chi connectivity index (χ0) is 14.0. The van der Waals surface area contributed by atoms with Gasteiger partial charge in [0.1, 0.15) is 6.04 Å². The molecule has 0 saturated heterocycles. The Hall–Kier alpha value is -2.50. The van der Waals surface area contributed by atoms with Crippen LogP contribution in [0.2, 0.25) is 0 Å². The van der Waals surface area contributed by atoms with Gasteiger partial charge in [0.2, 0.25) is 5.91 Å². The summed E-state index contributed by atoms with van der Waals surface area (Å²) in [6.45, 7) is 1.27. The van der Waals surface area contributed by atoms with Gasteiger partial charge in [-0.25, -0.2) is 4.79 Å². The molecule has 3 N–H and O–H groups in total. The molecule has 0 bridgehead atoms. The van der Waals surface area contributed by atoms with E-state index >= 15 is 0 Å². The van der Waals surface area contributed by atoms with Crippen LogP contribution in [-0.2, 0) is 16.0 Å². The van der Waals surface area contributed by atoms with Gasteiger partial charge >= 0.3 is 5.97 Å². The number of nitrogens with one attached hydrogen (secondary N) is 1. The van der Waals surface area contributed by atoms with Gasteiger partial charge in [-0.2, -0.15) is 4.73 Å². The fraction of sp³-hybridized carbons (Fsp3) is 0.231. The Labute approximate surface area is 109 Å². The molecule has 1 aromatic carbocycles. The molecule has 0 fully saturated rings. The Kier molecular flexibility index (Phi) is 3.41. The molecule has 0 saturated carbocycles. The first kappa shape index (κ1) is 12.9. The molecule has 1 heterocycles. The summed E-state index contributed by atoms with van der Waals surface area (Å²) in [4.78, 5) is 22.1. The lowest BCUT2D eigenvalue weighted by Gasteiger charge is -2.12. The monoisotopic (exact) mass is 262 g/mol. The van der Waals surface area contributed by atoms with E-state index in [1.54, 1.807) is 24.3 Å². The van der Waals surface area contributed by atoms with Gasteiger partial charge in [0.05, 0.1) is 5.52 Å². The van der Waals surface area contributed by atoms with Crippen molar-refractivity contribution in [2.24, 2.45) is 0 Å². The van der Waals surface area contributed by atoms with Crippen LogP contribution in [0.25, 0.3) is 10.9 Å². The van der Waals surface area contributed by atoms with E-state index in [-0.39, 0.29) is 6.42 Å². The first-order chi connectivity index (χ1) is 8.99. The highest BCUT2D eigenvalue weighted by molar-refractivity contribution is 5.86. The van der Waals surface area contributed by atoms with Gasteiger partial charge in [-0.05, 0) is 11.6 Å². The standard InChI is InChI=1S/C13H14N2O4/c1-8(16)14-11(13(17)18)6-9-7-15(19)12-5-3-2-4-10(9)12/h2-5,7,11,19H,6H2,1H3,(H,14,16)(H,17,18). The molecule has 1 unspecified atom stereocenters. The molecular formula is C13H14N2O4. The number of hydrogen-bond acceptors (Lipinski definition) is 3. The van der Waals surface area contributed by atoms with Crippen molar-refractivity contribution < 1.29 is 19.9 Å². The van der Waals surface area contributed by atoms with E-state index in [1.807, 2.05) is 0 Å². The molecule has 2 aromatic rings. The normalized spacial score (nSPS) is 12.3. The van der Waals surface area contributed by atoms with Crippen molar-refractivity contribution in [1.29, 1.82) is 0 Å². The minimum absolute atomic E-state index is 0.114. The fourth-order valence-electron chi connectivity index (χ4n) is 2.06. The first-order valence-electron chi connectivity index (χ1n) is 5.77. The van der Waals surface area contributed by atoms with Gasteiger partial charge in [-0.1, -0.05) is 18.2 Å². The minimum Gasteiger partial charge on any atom is -0.480 e. The average molecular weight is 262 g/mol. The maximum absolute atomic E-state index is 11.1. The van der Waals surface area contributed by atoms with Crippen LogP contribution in [0.1, 0.15) is 12.5 Å². The number of carbonyl (C=O) groups excluding carboxylic acids is 1. The number of carbonyl (C=O) groups is 2. The molecule has 1 amide bonds. The third kappa shape index (κ3) is 2.67. The number of fused-ring (bicyclic) bond motifs is 1. The topological polar surface area (TPSA) is 91.6 Å². The van der Waals surface area contributed by atoms with Crippen molar-refractivity contribution in [2.75, 3.05) is 0 Å². The van der Waals surface area contributed by atoms with Crippen LogP contribution < -0.4 is 5.32 Å². The molecule has 2 rings (SSSR count). The van der Waals surface area contributed by atoms with Crippen LogP contribution in [0, 0.1) is 0 Å². The lowest BCUT2D eigenvalue weighted by atomic mass is 10.1. The van der Waals surface area contributed by atoms with Crippen molar-refractivity contribution in [3.63, 3.8) is 0 Å². The number of benzene rings is 1. The molecule has 1 atom stereocenters. The Morgan fingerprint density at radius 2 is 2.05 bits per heavy atom. The highest BCUT2D eigenvalue weighted by Gasteiger charge is 2.21. The van der Waals surface area contributed by atoms with Crippen molar-refractivity contribution in [3.05, 3.63) is 36.0 Å². The first-order valence-corrected chi connectivity index (χ1v) is 5.77. The van der Waals surface area contributed by atoms with E-state index in [0.29, 0.717) is 11.1 Å². The third-order valence-electron chi connectivity index (χ3n) is 2.87. The molecule has 0 aliphatic heterocycles. The summed E-state index contributed by atoms with van der Waals surface area (Å²) >= 11 is 0. The summed E-state index contributed by atoms with van der Waals surface area (Å²) < 4.78 is 0.956. The highest BCUT2D eigenvalue weighted by Crippen LogP contribution is 2.21. The second kappa shape index (κ2) is 5.01. The third-order valence-corrected chi connectivity index (χ3v) is 2.87. The van der Waals surface area contributed by atoms with Crippen molar-refractivity contribution >= 4 is 22.8 Å². The summed E-state index contributed by atoms with van der Waals surface area (Å²) in [5, 5.41) is 21.9. The molecule has 0 aliphatic carbocycles. The van der Waals surface area contributed by atoms with Gasteiger partial charge < -0.3 is 15.6 Å². The number of para-hydroxylation sites is 1. The molecule has 0 aliphatic rings. The Morgan fingerprint density at radius 1 is 1.37 bits per heavy atom. The van der Waals surface area contributed by atoms with Gasteiger partial charge in [0.15, 0.2) is 0 Å². The highest BCUT2D eigenvalue weighted by atomic mass is 16.5. The number of aliphatic carboxylic acids is 1. The smallest absolute Gasteiger partial charge is 0.326 e. The van der Waals surface area contributed by atoms with Crippen molar-refractivity contribution in [3.8, 4) is 0 Å². The lowest BCUT2D eigenvalue weighted by molar-refractivity contribution is -0.141. The van der Waals surface area contributed by atoms with E-state index in [1.165, 1.54) is 13.1 Å². The number of carboxylic acid groups (broad SMARTS) is 1. The zero-order valence-electron chi connectivity index (χ0n) is 10.3. The quantitative estimate of drug-likeness (QED) is 0.717. The molecular weight excluding hydrogens is 248 g/mol. The summed E-state index contributed by atoms with van der Waals surface area (Å²) in [5.74, 6) is -1.51. The molecule has 6 heteroatoms. The van der Waals surface area contributed by atoms with E-state index in [9.17, 15) is 14.8 Å². The lowest BCUT2D eigenvalue weighted by Crippen LogP contribution is -2.41. The van der Waals surface area contributed by atoms with Crippen molar-refractivity contribution in [2.45, 2.75) is 19.4 Å². The zero-order valence-corrected chi connectivity index (χ0v) is 10.3. The molecule has 1 aromatic heterocycles. The Bertz CT molecular complexity index is 633. The minimum atomic E-state index is -1.11.